The molecule has 2 heterocycles. The van der Waals surface area contributed by atoms with Gasteiger partial charge in [-0.3, -0.25) is 9.59 Å². The number of hydrogen-bond donors (Lipinski definition) is 2. The van der Waals surface area contributed by atoms with Crippen LogP contribution in [0.1, 0.15) is 43.1 Å². The Kier molecular flexibility index (Phi) is 5.44. The largest absolute Gasteiger partial charge is 0.481 e. The molecule has 8 heteroatoms. The smallest absolute Gasteiger partial charge is 0.303 e. The van der Waals surface area contributed by atoms with E-state index in [0.717, 1.165) is 26.8 Å². The Morgan fingerprint density at radius 3 is 2.76 bits per heavy atom. The van der Waals surface area contributed by atoms with Gasteiger partial charge in [0.1, 0.15) is 11.9 Å². The molecule has 148 valence electrons. The van der Waals surface area contributed by atoms with E-state index < -0.39 is 5.97 Å². The first kappa shape index (κ1) is 19.3. The summed E-state index contributed by atoms with van der Waals surface area (Å²) >= 11 is 3.47. The van der Waals surface area contributed by atoms with Crippen molar-refractivity contribution in [1.82, 2.24) is 15.0 Å². The molecule has 0 unspecified atom stereocenters. The number of para-hydroxylation sites is 2. The number of carboxylic acid groups (broad SMARTS) is 1. The van der Waals surface area contributed by atoms with Crippen LogP contribution in [0.3, 0.4) is 0 Å². The van der Waals surface area contributed by atoms with Crippen LogP contribution in [0, 0.1) is 0 Å². The molecule has 0 bridgehead atoms. The molecule has 29 heavy (non-hydrogen) atoms. The molecule has 0 aliphatic carbocycles. The van der Waals surface area contributed by atoms with Crippen molar-refractivity contribution < 1.29 is 14.7 Å². The molecular weight excluding hydrogens is 436 g/mol. The van der Waals surface area contributed by atoms with Gasteiger partial charge in [0.2, 0.25) is 5.91 Å². The molecule has 1 aliphatic rings. The second-order valence-corrected chi connectivity index (χ2v) is 7.82. The zero-order valence-electron chi connectivity index (χ0n) is 15.5. The Morgan fingerprint density at radius 2 is 2.00 bits per heavy atom. The Balaban J connectivity index is 1.64. The van der Waals surface area contributed by atoms with Gasteiger partial charge in [0.15, 0.2) is 0 Å². The Bertz CT molecular complexity index is 1080. The summed E-state index contributed by atoms with van der Waals surface area (Å²) in [5.41, 5.74) is 3.46. The highest BCUT2D eigenvalue weighted by atomic mass is 79.9. The molecule has 1 aliphatic heterocycles. The number of hydrogen-bond acceptors (Lipinski definition) is 4. The van der Waals surface area contributed by atoms with Crippen LogP contribution in [0.4, 0.5) is 0 Å². The van der Waals surface area contributed by atoms with Gasteiger partial charge < -0.3 is 10.1 Å². The number of nitrogens with one attached hydrogen (secondary N) is 1. The van der Waals surface area contributed by atoms with Crippen molar-refractivity contribution in [3.05, 3.63) is 64.4 Å². The number of aromatic amines is 1. The van der Waals surface area contributed by atoms with E-state index in [-0.39, 0.29) is 31.2 Å². The van der Waals surface area contributed by atoms with Crippen molar-refractivity contribution in [3.8, 4) is 0 Å². The van der Waals surface area contributed by atoms with Gasteiger partial charge in [-0.1, -0.05) is 40.2 Å². The quantitative estimate of drug-likeness (QED) is 0.581. The van der Waals surface area contributed by atoms with Crippen molar-refractivity contribution in [1.29, 1.82) is 0 Å². The lowest BCUT2D eigenvalue weighted by Crippen LogP contribution is -2.27. The zero-order valence-corrected chi connectivity index (χ0v) is 17.1. The predicted octanol–water partition coefficient (Wildman–Crippen LogP) is 4.26. The number of amides is 1. The Labute approximate surface area is 175 Å². The summed E-state index contributed by atoms with van der Waals surface area (Å²) in [6, 6.07) is 15.1. The average Bonchev–Trinajstić information content (AvgIpc) is 3.32. The summed E-state index contributed by atoms with van der Waals surface area (Å²) in [6.45, 7) is 0. The van der Waals surface area contributed by atoms with Crippen LogP contribution in [0.5, 0.6) is 0 Å². The summed E-state index contributed by atoms with van der Waals surface area (Å²) < 4.78 is 0.934. The number of benzene rings is 2. The fourth-order valence-electron chi connectivity index (χ4n) is 3.43. The third-order valence-electron chi connectivity index (χ3n) is 4.83. The molecule has 4 rings (SSSR count). The minimum atomic E-state index is -0.911. The van der Waals surface area contributed by atoms with Crippen LogP contribution < -0.4 is 0 Å². The molecule has 0 saturated carbocycles. The van der Waals surface area contributed by atoms with E-state index in [9.17, 15) is 9.59 Å². The van der Waals surface area contributed by atoms with Gasteiger partial charge in [-0.25, -0.2) is 9.99 Å². The SMILES string of the molecule is O=C(O)CCCC(=O)N1N=C(c2cccc(Br)c2)C[C@H]1c1nc2ccccc2[nH]1. The van der Waals surface area contributed by atoms with Gasteiger partial charge in [-0.2, -0.15) is 5.10 Å². The van der Waals surface area contributed by atoms with E-state index in [0.29, 0.717) is 12.2 Å². The average molecular weight is 455 g/mol. The molecule has 1 amide bonds. The number of halogens is 1. The molecule has 0 saturated heterocycles. The monoisotopic (exact) mass is 454 g/mol. The number of aliphatic carboxylic acids is 1. The Morgan fingerprint density at radius 1 is 1.17 bits per heavy atom. The number of hydrazone groups is 1. The minimum absolute atomic E-state index is 0.0446. The van der Waals surface area contributed by atoms with Gasteiger partial charge in [0.25, 0.3) is 0 Å². The summed E-state index contributed by atoms with van der Waals surface area (Å²) in [5.74, 6) is -0.445. The van der Waals surface area contributed by atoms with Crippen molar-refractivity contribution in [2.75, 3.05) is 0 Å². The van der Waals surface area contributed by atoms with Crippen LogP contribution in [0.25, 0.3) is 11.0 Å². The summed E-state index contributed by atoms with van der Waals surface area (Å²) in [5, 5.41) is 14.9. The number of fused-ring (bicyclic) bond motifs is 1. The van der Waals surface area contributed by atoms with Gasteiger partial charge in [0.05, 0.1) is 16.7 Å². The van der Waals surface area contributed by atoms with Crippen LogP contribution in [0.15, 0.2) is 58.1 Å². The van der Waals surface area contributed by atoms with Crippen molar-refractivity contribution in [2.24, 2.45) is 5.10 Å². The van der Waals surface area contributed by atoms with Crippen LogP contribution in [0.2, 0.25) is 0 Å². The molecule has 1 atom stereocenters. The number of nitrogens with zero attached hydrogens (tertiary/aromatic N) is 3. The van der Waals surface area contributed by atoms with E-state index >= 15 is 0 Å². The number of aromatic nitrogens is 2. The van der Waals surface area contributed by atoms with Crippen LogP contribution >= 0.6 is 15.9 Å². The summed E-state index contributed by atoms with van der Waals surface area (Å²) in [6.07, 6.45) is 0.885. The number of carbonyl (C=O) groups is 2. The lowest BCUT2D eigenvalue weighted by molar-refractivity contribution is -0.137. The van der Waals surface area contributed by atoms with Crippen molar-refractivity contribution >= 4 is 44.6 Å². The molecule has 2 N–H and O–H groups in total. The number of imidazole rings is 1. The van der Waals surface area contributed by atoms with Gasteiger partial charge in [0, 0.05) is 23.7 Å². The highest BCUT2D eigenvalue weighted by Crippen LogP contribution is 2.33. The molecule has 2 aromatic carbocycles. The second kappa shape index (κ2) is 8.16. The van der Waals surface area contributed by atoms with E-state index in [4.69, 9.17) is 5.11 Å². The maximum Gasteiger partial charge on any atom is 0.303 e. The number of H-pyrrole nitrogens is 1. The molecule has 0 radical (unpaired) electrons. The van der Waals surface area contributed by atoms with Crippen LogP contribution in [-0.2, 0) is 9.59 Å². The lowest BCUT2D eigenvalue weighted by atomic mass is 10.0. The highest BCUT2D eigenvalue weighted by Gasteiger charge is 2.35. The predicted molar refractivity (Wildman–Crippen MR) is 112 cm³/mol. The number of carboxylic acids is 1. The van der Waals surface area contributed by atoms with E-state index in [1.165, 1.54) is 5.01 Å². The lowest BCUT2D eigenvalue weighted by Gasteiger charge is -2.19. The first-order chi connectivity index (χ1) is 14.0. The van der Waals surface area contributed by atoms with Crippen molar-refractivity contribution in [3.63, 3.8) is 0 Å². The summed E-state index contributed by atoms with van der Waals surface area (Å²) in [4.78, 5) is 31.6. The fourth-order valence-corrected chi connectivity index (χ4v) is 3.83. The standard InChI is InChI=1S/C21H19BrN4O3/c22-14-6-3-5-13(11-14)17-12-18(21-23-15-7-1-2-8-16(15)24-21)26(25-17)19(27)9-4-10-20(28)29/h1-3,5-8,11,18H,4,9-10,12H2,(H,23,24)(H,28,29)/t18-/m0/s1. The highest BCUT2D eigenvalue weighted by molar-refractivity contribution is 9.10. The molecule has 1 aromatic heterocycles. The van der Waals surface area contributed by atoms with E-state index in [1.807, 2.05) is 48.5 Å². The van der Waals surface area contributed by atoms with Crippen LogP contribution in [-0.4, -0.2) is 37.7 Å². The maximum absolute atomic E-state index is 12.8. The van der Waals surface area contributed by atoms with Gasteiger partial charge >= 0.3 is 5.97 Å². The van der Waals surface area contributed by atoms with E-state index in [1.54, 1.807) is 0 Å². The molecule has 0 spiro atoms. The molecule has 3 aromatic rings. The third-order valence-corrected chi connectivity index (χ3v) is 5.32. The molecule has 0 fully saturated rings. The molecule has 7 nitrogen and oxygen atoms in total. The summed E-state index contributed by atoms with van der Waals surface area (Å²) in [7, 11) is 0. The first-order valence-electron chi connectivity index (χ1n) is 9.33. The fraction of sp³-hybridized carbons (Fsp3) is 0.238. The normalized spacial score (nSPS) is 16.2. The maximum atomic E-state index is 12.8. The number of rotatable bonds is 6. The van der Waals surface area contributed by atoms with E-state index in [2.05, 4.69) is 31.0 Å². The zero-order chi connectivity index (χ0) is 20.4. The third kappa shape index (κ3) is 4.22. The minimum Gasteiger partial charge on any atom is -0.481 e. The van der Waals surface area contributed by atoms with Gasteiger partial charge in [-0.05, 0) is 36.2 Å². The van der Waals surface area contributed by atoms with Gasteiger partial charge in [-0.15, -0.1) is 0 Å². The first-order valence-corrected chi connectivity index (χ1v) is 10.1. The topological polar surface area (TPSA) is 98.7 Å². The molecular formula is C21H19BrN4O3. The number of carbonyl (C=O) groups excluding carboxylic acids is 1. The van der Waals surface area contributed by atoms with Crippen molar-refractivity contribution in [2.45, 2.75) is 31.7 Å². The second-order valence-electron chi connectivity index (χ2n) is 6.90. The Hall–Kier alpha value is -3.00.